The van der Waals surface area contributed by atoms with Gasteiger partial charge in [-0.25, -0.2) is 0 Å². The van der Waals surface area contributed by atoms with E-state index < -0.39 is 0 Å². The highest BCUT2D eigenvalue weighted by Gasteiger charge is 2.08. The van der Waals surface area contributed by atoms with Gasteiger partial charge in [0.1, 0.15) is 7.85 Å². The summed E-state index contributed by atoms with van der Waals surface area (Å²) in [7, 11) is 2.07. The van der Waals surface area contributed by atoms with Crippen LogP contribution in [0.1, 0.15) is 23.7 Å². The van der Waals surface area contributed by atoms with E-state index >= 15 is 0 Å². The number of carbonyl (C=O) groups excluding carboxylic acids is 1. The van der Waals surface area contributed by atoms with Gasteiger partial charge in [-0.3, -0.25) is 4.79 Å². The van der Waals surface area contributed by atoms with Crippen molar-refractivity contribution in [1.82, 2.24) is 0 Å². The number of hydrogen-bond acceptors (Lipinski definition) is 1. The summed E-state index contributed by atoms with van der Waals surface area (Å²) in [6.45, 7) is 1.90. The van der Waals surface area contributed by atoms with Gasteiger partial charge in [0.05, 0.1) is 0 Å². The normalized spacial score (nSPS) is 10.5. The van der Waals surface area contributed by atoms with E-state index in [2.05, 4.69) is 13.9 Å². The van der Waals surface area contributed by atoms with Crippen molar-refractivity contribution in [3.63, 3.8) is 0 Å². The van der Waals surface area contributed by atoms with Gasteiger partial charge in [0.25, 0.3) is 0 Å². The minimum atomic E-state index is 0.214. The van der Waals surface area contributed by atoms with Crippen LogP contribution >= 0.6 is 0 Å². The molecule has 0 saturated carbocycles. The lowest BCUT2D eigenvalue weighted by Crippen LogP contribution is -2.07. The van der Waals surface area contributed by atoms with E-state index in [9.17, 15) is 4.79 Å². The predicted molar refractivity (Wildman–Crippen MR) is 66.7 cm³/mol. The van der Waals surface area contributed by atoms with Gasteiger partial charge in [0.15, 0.2) is 5.78 Å². The predicted octanol–water partition coefficient (Wildman–Crippen LogP) is 1.69. The molecule has 2 aromatic rings. The molecule has 2 heteroatoms. The molecule has 0 aliphatic heterocycles. The van der Waals surface area contributed by atoms with E-state index in [4.69, 9.17) is 0 Å². The number of fused-ring (bicyclic) bond motifs is 1. The highest BCUT2D eigenvalue weighted by atomic mass is 16.1. The van der Waals surface area contributed by atoms with Gasteiger partial charge >= 0.3 is 0 Å². The lowest BCUT2D eigenvalue weighted by Gasteiger charge is -2.06. The first-order chi connectivity index (χ1) is 7.24. The van der Waals surface area contributed by atoms with E-state index in [1.807, 2.05) is 37.3 Å². The van der Waals surface area contributed by atoms with Crippen molar-refractivity contribution in [2.24, 2.45) is 0 Å². The van der Waals surface area contributed by atoms with Crippen molar-refractivity contribution in [1.29, 1.82) is 0 Å². The summed E-state index contributed by atoms with van der Waals surface area (Å²) >= 11 is 0. The highest BCUT2D eigenvalue weighted by Crippen LogP contribution is 2.17. The fraction of sp³-hybridized carbons (Fsp3) is 0.154. The number of benzene rings is 2. The zero-order chi connectivity index (χ0) is 10.8. The molecule has 0 atom stereocenters. The molecule has 0 aliphatic carbocycles. The number of Topliss-reactive ketones (excluding diaryl/α,β-unsaturated/α-hetero) is 1. The molecule has 74 valence electrons. The maximum absolute atomic E-state index is 11.7. The Morgan fingerprint density at radius 1 is 1.13 bits per heavy atom. The molecule has 0 spiro atoms. The maximum atomic E-state index is 11.7. The van der Waals surface area contributed by atoms with E-state index in [-0.39, 0.29) is 5.78 Å². The Labute approximate surface area is 90.5 Å². The van der Waals surface area contributed by atoms with Crippen LogP contribution in [0.15, 0.2) is 36.4 Å². The van der Waals surface area contributed by atoms with Crippen molar-refractivity contribution in [2.75, 3.05) is 0 Å². The second kappa shape index (κ2) is 3.89. The molecule has 1 nitrogen and oxygen atoms in total. The van der Waals surface area contributed by atoms with Crippen LogP contribution in [0.25, 0.3) is 10.8 Å². The summed E-state index contributed by atoms with van der Waals surface area (Å²) in [5, 5.41) is 2.25. The largest absolute Gasteiger partial charge is 0.294 e. The van der Waals surface area contributed by atoms with E-state index in [1.54, 1.807) is 0 Å². The van der Waals surface area contributed by atoms with E-state index in [0.717, 1.165) is 10.9 Å². The standard InChI is InChI=1S/C13H13BO/c1-2-13(15)11-7-8-12(14)10-6-4-3-5-9(10)11/h3-8H,2,14H2,1H3. The lowest BCUT2D eigenvalue weighted by molar-refractivity contribution is 0.0990. The summed E-state index contributed by atoms with van der Waals surface area (Å²) in [6.07, 6.45) is 0.563. The molecule has 2 aromatic carbocycles. The molecule has 0 saturated heterocycles. The Balaban J connectivity index is 2.77. The highest BCUT2D eigenvalue weighted by molar-refractivity contribution is 6.39. The average molecular weight is 196 g/mol. The number of carbonyl (C=O) groups is 1. The second-order valence-corrected chi connectivity index (χ2v) is 3.75. The third kappa shape index (κ3) is 1.67. The summed E-state index contributed by atoms with van der Waals surface area (Å²) < 4.78 is 0. The summed E-state index contributed by atoms with van der Waals surface area (Å²) in [6, 6.07) is 12.0. The van der Waals surface area contributed by atoms with Crippen molar-refractivity contribution < 1.29 is 4.79 Å². The molecule has 0 aliphatic rings. The maximum Gasteiger partial charge on any atom is 0.163 e. The number of ketones is 1. The van der Waals surface area contributed by atoms with Crippen molar-refractivity contribution >= 4 is 29.9 Å². The van der Waals surface area contributed by atoms with E-state index in [0.29, 0.717) is 6.42 Å². The summed E-state index contributed by atoms with van der Waals surface area (Å²) in [4.78, 5) is 11.7. The zero-order valence-corrected chi connectivity index (χ0v) is 9.08. The molecule has 0 bridgehead atoms. The van der Waals surface area contributed by atoms with Crippen LogP contribution in [0.2, 0.25) is 0 Å². The first-order valence-corrected chi connectivity index (χ1v) is 5.25. The third-order valence-corrected chi connectivity index (χ3v) is 2.76. The van der Waals surface area contributed by atoms with Gasteiger partial charge in [0.2, 0.25) is 0 Å². The summed E-state index contributed by atoms with van der Waals surface area (Å²) in [5.41, 5.74) is 2.07. The molecule has 0 N–H and O–H groups in total. The Morgan fingerprint density at radius 3 is 2.47 bits per heavy atom. The minimum absolute atomic E-state index is 0.214. The minimum Gasteiger partial charge on any atom is -0.294 e. The fourth-order valence-corrected chi connectivity index (χ4v) is 1.88. The first kappa shape index (κ1) is 9.97. The van der Waals surface area contributed by atoms with Crippen molar-refractivity contribution in [2.45, 2.75) is 13.3 Å². The van der Waals surface area contributed by atoms with Crippen LogP contribution < -0.4 is 5.46 Å². The molecule has 0 radical (unpaired) electrons. The molecule has 0 heterocycles. The fourth-order valence-electron chi connectivity index (χ4n) is 1.88. The Hall–Kier alpha value is -1.57. The van der Waals surface area contributed by atoms with Crippen LogP contribution in [0.4, 0.5) is 0 Å². The Morgan fingerprint density at radius 2 is 1.80 bits per heavy atom. The number of rotatable bonds is 2. The lowest BCUT2D eigenvalue weighted by atomic mass is 9.87. The van der Waals surface area contributed by atoms with Gasteiger partial charge in [-0.15, -0.1) is 0 Å². The Bertz CT molecular complexity index is 517. The molecule has 15 heavy (non-hydrogen) atoms. The van der Waals surface area contributed by atoms with Crippen LogP contribution in [0, 0.1) is 0 Å². The SMILES string of the molecule is Bc1ccc(C(=O)CC)c2ccccc12. The first-order valence-electron chi connectivity index (χ1n) is 5.25. The van der Waals surface area contributed by atoms with Gasteiger partial charge in [-0.05, 0) is 10.8 Å². The quantitative estimate of drug-likeness (QED) is 0.527. The van der Waals surface area contributed by atoms with Gasteiger partial charge < -0.3 is 0 Å². The smallest absolute Gasteiger partial charge is 0.163 e. The van der Waals surface area contributed by atoms with Crippen LogP contribution in [0.5, 0.6) is 0 Å². The average Bonchev–Trinajstić information content (AvgIpc) is 2.29. The van der Waals surface area contributed by atoms with Gasteiger partial charge in [-0.1, -0.05) is 48.8 Å². The molecule has 2 rings (SSSR count). The second-order valence-electron chi connectivity index (χ2n) is 3.75. The third-order valence-electron chi connectivity index (χ3n) is 2.76. The molecule has 0 fully saturated rings. The van der Waals surface area contributed by atoms with Crippen molar-refractivity contribution in [3.8, 4) is 0 Å². The monoisotopic (exact) mass is 196 g/mol. The molecule has 0 aromatic heterocycles. The van der Waals surface area contributed by atoms with Crippen LogP contribution in [-0.2, 0) is 0 Å². The van der Waals surface area contributed by atoms with Crippen LogP contribution in [0.3, 0.4) is 0 Å². The van der Waals surface area contributed by atoms with E-state index in [1.165, 1.54) is 10.8 Å². The van der Waals surface area contributed by atoms with Gasteiger partial charge in [-0.2, -0.15) is 0 Å². The number of hydrogen-bond donors (Lipinski definition) is 0. The van der Waals surface area contributed by atoms with Gasteiger partial charge in [0, 0.05) is 12.0 Å². The molecule has 0 amide bonds. The Kier molecular flexibility index (Phi) is 2.59. The zero-order valence-electron chi connectivity index (χ0n) is 9.08. The molecular formula is C13H13BO. The van der Waals surface area contributed by atoms with Crippen LogP contribution in [-0.4, -0.2) is 13.6 Å². The van der Waals surface area contributed by atoms with Crippen molar-refractivity contribution in [3.05, 3.63) is 42.0 Å². The topological polar surface area (TPSA) is 17.1 Å². The molecular weight excluding hydrogens is 183 g/mol. The summed E-state index contributed by atoms with van der Waals surface area (Å²) in [5.74, 6) is 0.214. The molecule has 0 unspecified atom stereocenters.